The number of hydrogen-bond acceptors (Lipinski definition) is 4. The minimum absolute atomic E-state index is 0.261. The summed E-state index contributed by atoms with van der Waals surface area (Å²) in [4.78, 5) is 12.0. The summed E-state index contributed by atoms with van der Waals surface area (Å²) < 4.78 is 11.2. The zero-order valence-electron chi connectivity index (χ0n) is 26.8. The van der Waals surface area contributed by atoms with Crippen molar-refractivity contribution in [1.82, 2.24) is 9.97 Å². The molecule has 3 aromatic heterocycles. The fraction of sp³-hybridized carbons (Fsp3) is 0. The summed E-state index contributed by atoms with van der Waals surface area (Å²) in [5.74, 6) is 0.706. The molecule has 224 valence electrons. The van der Waals surface area contributed by atoms with E-state index in [-0.39, 0.29) is 6.17 Å². The summed E-state index contributed by atoms with van der Waals surface area (Å²) in [6, 6.07) is 55.5. The quantitative estimate of drug-likeness (QED) is 0.181. The molecule has 0 spiro atoms. The van der Waals surface area contributed by atoms with Crippen LogP contribution >= 0.6 is 11.3 Å². The second kappa shape index (κ2) is 10.7. The molecule has 0 atom stereocenters. The van der Waals surface area contributed by atoms with Gasteiger partial charge in [0.2, 0.25) is 0 Å². The van der Waals surface area contributed by atoms with Crippen LogP contribution in [0.1, 0.15) is 1.37 Å². The highest BCUT2D eigenvalue weighted by atomic mass is 32.1. The standard InChI is InChI=1S/C44H27N3S/c1-2-10-34-27-45-43(25-31(34)8-1)47(36-21-22-38-41(26-36)48-42-24-33-9-4-6-12-40(33)46-44(38)42)35-19-17-28(18-20-35)32-16-15-30-14-13-29-7-3-5-11-37(29)39(30)23-32/h1-27H/i27D. The van der Waals surface area contributed by atoms with E-state index in [1.165, 1.54) is 31.8 Å². The number of thiophene rings is 1. The maximum absolute atomic E-state index is 8.82. The van der Waals surface area contributed by atoms with Crippen molar-refractivity contribution in [2.45, 2.75) is 0 Å². The van der Waals surface area contributed by atoms with Crippen LogP contribution in [0.5, 0.6) is 0 Å². The van der Waals surface area contributed by atoms with Crippen LogP contribution in [0.25, 0.3) is 74.6 Å². The molecule has 0 bridgehead atoms. The topological polar surface area (TPSA) is 29.0 Å². The van der Waals surface area contributed by atoms with E-state index in [0.29, 0.717) is 5.82 Å². The van der Waals surface area contributed by atoms with Crippen molar-refractivity contribution in [3.63, 3.8) is 0 Å². The Balaban J connectivity index is 1.12. The zero-order chi connectivity index (χ0) is 32.5. The fourth-order valence-corrected chi connectivity index (χ4v) is 8.07. The van der Waals surface area contributed by atoms with Gasteiger partial charge in [-0.25, -0.2) is 9.97 Å². The Kier molecular flexibility index (Phi) is 5.82. The van der Waals surface area contributed by atoms with E-state index in [1.54, 1.807) is 11.3 Å². The third-order valence-corrected chi connectivity index (χ3v) is 10.4. The molecule has 3 heterocycles. The lowest BCUT2D eigenvalue weighted by Crippen LogP contribution is -2.11. The first-order chi connectivity index (χ1) is 24.2. The minimum Gasteiger partial charge on any atom is -0.295 e. The molecule has 48 heavy (non-hydrogen) atoms. The molecule has 0 saturated heterocycles. The molecule has 10 aromatic rings. The van der Waals surface area contributed by atoms with Gasteiger partial charge in [0.15, 0.2) is 0 Å². The van der Waals surface area contributed by atoms with Gasteiger partial charge in [0, 0.05) is 38.4 Å². The molecular weight excluding hydrogens is 603 g/mol. The van der Waals surface area contributed by atoms with E-state index in [4.69, 9.17) is 11.3 Å². The van der Waals surface area contributed by atoms with Crippen molar-refractivity contribution >= 4 is 92.1 Å². The Morgan fingerprint density at radius 1 is 0.479 bits per heavy atom. The third-order valence-electron chi connectivity index (χ3n) is 9.36. The molecular formula is C44H27N3S. The Bertz CT molecular complexity index is 2910. The van der Waals surface area contributed by atoms with E-state index >= 15 is 0 Å². The van der Waals surface area contributed by atoms with Gasteiger partial charge in [-0.3, -0.25) is 4.90 Å². The number of benzene rings is 7. The van der Waals surface area contributed by atoms with Crippen LogP contribution in [0.3, 0.4) is 0 Å². The summed E-state index contributed by atoms with van der Waals surface area (Å²) in [5, 5.41) is 9.10. The number of pyridine rings is 2. The summed E-state index contributed by atoms with van der Waals surface area (Å²) in [5.41, 5.74) is 6.30. The minimum atomic E-state index is 0.261. The molecule has 0 radical (unpaired) electrons. The lowest BCUT2D eigenvalue weighted by Gasteiger charge is -2.25. The predicted octanol–water partition coefficient (Wildman–Crippen LogP) is 12.6. The van der Waals surface area contributed by atoms with E-state index in [2.05, 4.69) is 138 Å². The normalized spacial score (nSPS) is 12.0. The summed E-state index contributed by atoms with van der Waals surface area (Å²) in [7, 11) is 0. The average molecular weight is 631 g/mol. The van der Waals surface area contributed by atoms with E-state index in [1.807, 2.05) is 24.3 Å². The highest BCUT2D eigenvalue weighted by Crippen LogP contribution is 2.41. The van der Waals surface area contributed by atoms with Crippen LogP contribution in [0.4, 0.5) is 17.2 Å². The van der Waals surface area contributed by atoms with Crippen molar-refractivity contribution in [3.8, 4) is 11.1 Å². The number of aromatic nitrogens is 2. The average Bonchev–Trinajstić information content (AvgIpc) is 3.50. The van der Waals surface area contributed by atoms with Crippen molar-refractivity contribution in [3.05, 3.63) is 164 Å². The molecule has 0 N–H and O–H groups in total. The first-order valence-electron chi connectivity index (χ1n) is 16.6. The van der Waals surface area contributed by atoms with E-state index < -0.39 is 0 Å². The summed E-state index contributed by atoms with van der Waals surface area (Å²) in [6.45, 7) is 0. The lowest BCUT2D eigenvalue weighted by molar-refractivity contribution is 1.20. The van der Waals surface area contributed by atoms with Crippen LogP contribution in [0.2, 0.25) is 0 Å². The molecule has 0 saturated carbocycles. The molecule has 0 amide bonds. The van der Waals surface area contributed by atoms with Crippen molar-refractivity contribution in [2.24, 2.45) is 0 Å². The third kappa shape index (κ3) is 4.42. The van der Waals surface area contributed by atoms with Gasteiger partial charge in [-0.1, -0.05) is 103 Å². The molecule has 3 nitrogen and oxygen atoms in total. The van der Waals surface area contributed by atoms with Gasteiger partial charge in [-0.2, -0.15) is 0 Å². The summed E-state index contributed by atoms with van der Waals surface area (Å²) in [6.07, 6.45) is 0.261. The molecule has 0 aliphatic rings. The molecule has 0 aliphatic heterocycles. The number of nitrogens with zero attached hydrogens (tertiary/aromatic N) is 3. The van der Waals surface area contributed by atoms with Gasteiger partial charge in [0.25, 0.3) is 0 Å². The van der Waals surface area contributed by atoms with Gasteiger partial charge in [0.1, 0.15) is 5.82 Å². The lowest BCUT2D eigenvalue weighted by atomic mass is 9.97. The van der Waals surface area contributed by atoms with Crippen LogP contribution in [-0.2, 0) is 0 Å². The van der Waals surface area contributed by atoms with Gasteiger partial charge >= 0.3 is 0 Å². The van der Waals surface area contributed by atoms with Crippen molar-refractivity contribution in [2.75, 3.05) is 4.90 Å². The second-order valence-corrected chi connectivity index (χ2v) is 13.3. The molecule has 0 aliphatic carbocycles. The highest BCUT2D eigenvalue weighted by Gasteiger charge is 2.17. The van der Waals surface area contributed by atoms with Gasteiger partial charge in [-0.05, 0) is 92.7 Å². The molecule has 4 heteroatoms. The Morgan fingerprint density at radius 3 is 2.04 bits per heavy atom. The number of rotatable bonds is 4. The number of hydrogen-bond donors (Lipinski definition) is 0. The molecule has 0 unspecified atom stereocenters. The SMILES string of the molecule is [2H]c1nc(N(c2ccc(-c3ccc4ccc5ccccc5c4c3)cc2)c2ccc3c(c2)sc2cc4ccccc4nc23)cc2ccccc12. The van der Waals surface area contributed by atoms with Crippen molar-refractivity contribution < 1.29 is 1.37 Å². The number of anilines is 3. The number of fused-ring (bicyclic) bond motifs is 8. The van der Waals surface area contributed by atoms with E-state index in [9.17, 15) is 0 Å². The molecule has 0 fully saturated rings. The first-order valence-corrected chi connectivity index (χ1v) is 16.9. The Hall–Kier alpha value is -6.10. The first kappa shape index (κ1) is 26.0. The van der Waals surface area contributed by atoms with E-state index in [0.717, 1.165) is 54.2 Å². The van der Waals surface area contributed by atoms with Gasteiger partial charge in [-0.15, -0.1) is 11.3 Å². The Morgan fingerprint density at radius 2 is 1.17 bits per heavy atom. The van der Waals surface area contributed by atoms with Crippen molar-refractivity contribution in [1.29, 1.82) is 0 Å². The number of para-hydroxylation sites is 1. The fourth-order valence-electron chi connectivity index (χ4n) is 6.94. The van der Waals surface area contributed by atoms with Crippen LogP contribution in [0, 0.1) is 0 Å². The smallest absolute Gasteiger partial charge is 0.138 e. The predicted molar refractivity (Wildman–Crippen MR) is 205 cm³/mol. The monoisotopic (exact) mass is 630 g/mol. The largest absolute Gasteiger partial charge is 0.295 e. The van der Waals surface area contributed by atoms with Crippen LogP contribution in [0.15, 0.2) is 164 Å². The maximum Gasteiger partial charge on any atom is 0.138 e. The van der Waals surface area contributed by atoms with Gasteiger partial charge in [0.05, 0.1) is 17.1 Å². The molecule has 7 aromatic carbocycles. The second-order valence-electron chi connectivity index (χ2n) is 12.2. The Labute approximate surface area is 282 Å². The zero-order valence-corrected chi connectivity index (χ0v) is 26.6. The maximum atomic E-state index is 8.82. The van der Waals surface area contributed by atoms with Crippen LogP contribution < -0.4 is 4.90 Å². The summed E-state index contributed by atoms with van der Waals surface area (Å²) >= 11 is 1.76. The molecule has 10 rings (SSSR count). The van der Waals surface area contributed by atoms with Gasteiger partial charge < -0.3 is 0 Å². The highest BCUT2D eigenvalue weighted by molar-refractivity contribution is 7.25. The van der Waals surface area contributed by atoms with Crippen LogP contribution in [-0.4, -0.2) is 9.97 Å².